The summed E-state index contributed by atoms with van der Waals surface area (Å²) in [5.74, 6) is 0.162. The van der Waals surface area contributed by atoms with Crippen molar-refractivity contribution in [2.75, 3.05) is 0 Å². The summed E-state index contributed by atoms with van der Waals surface area (Å²) in [7, 11) is 1.70. The van der Waals surface area contributed by atoms with E-state index in [1.165, 1.54) is 10.9 Å². The molecule has 1 fully saturated rings. The lowest BCUT2D eigenvalue weighted by atomic mass is 10.0. The Bertz CT molecular complexity index is 681. The fraction of sp³-hybridized carbons (Fsp3) is 0.583. The molecule has 2 heterocycles. The van der Waals surface area contributed by atoms with Crippen LogP contribution < -0.4 is 5.56 Å². The summed E-state index contributed by atoms with van der Waals surface area (Å²) in [6.45, 7) is 0.0152. The molecule has 100 valence electrons. The molecule has 0 unspecified atom stereocenters. The topological polar surface area (TPSA) is 82.7 Å². The molecule has 3 rings (SSSR count). The van der Waals surface area contributed by atoms with E-state index < -0.39 is 0 Å². The van der Waals surface area contributed by atoms with Gasteiger partial charge in [0.25, 0.3) is 5.56 Å². The van der Waals surface area contributed by atoms with Crippen molar-refractivity contribution in [1.82, 2.24) is 24.8 Å². The van der Waals surface area contributed by atoms with E-state index in [9.17, 15) is 9.59 Å². The van der Waals surface area contributed by atoms with E-state index in [1.807, 2.05) is 0 Å². The number of carbonyl (C=O) groups is 1. The lowest BCUT2D eigenvalue weighted by Gasteiger charge is -2.08. The van der Waals surface area contributed by atoms with Crippen molar-refractivity contribution in [2.45, 2.75) is 32.2 Å². The highest BCUT2D eigenvalue weighted by atomic mass is 16.1. The van der Waals surface area contributed by atoms with E-state index in [0.29, 0.717) is 11.0 Å². The Morgan fingerprint density at radius 3 is 2.89 bits per heavy atom. The van der Waals surface area contributed by atoms with Crippen LogP contribution in [0.3, 0.4) is 0 Å². The lowest BCUT2D eigenvalue weighted by Crippen LogP contribution is -2.30. The van der Waals surface area contributed by atoms with E-state index >= 15 is 0 Å². The minimum absolute atomic E-state index is 0.0152. The molecule has 1 saturated carbocycles. The Morgan fingerprint density at radius 1 is 1.42 bits per heavy atom. The van der Waals surface area contributed by atoms with Gasteiger partial charge in [-0.2, -0.15) is 5.10 Å². The van der Waals surface area contributed by atoms with Crippen LogP contribution in [0, 0.1) is 5.92 Å². The first-order valence-electron chi connectivity index (χ1n) is 6.45. The number of ketones is 1. The van der Waals surface area contributed by atoms with E-state index in [1.54, 1.807) is 7.05 Å². The van der Waals surface area contributed by atoms with Crippen molar-refractivity contribution < 1.29 is 4.79 Å². The summed E-state index contributed by atoms with van der Waals surface area (Å²) in [5, 5.41) is 12.1. The van der Waals surface area contributed by atoms with Gasteiger partial charge in [-0.15, -0.1) is 5.10 Å². The Morgan fingerprint density at radius 2 is 2.16 bits per heavy atom. The molecule has 0 aliphatic heterocycles. The Hall–Kier alpha value is -2.05. The monoisotopic (exact) mass is 261 g/mol. The van der Waals surface area contributed by atoms with Gasteiger partial charge in [0.2, 0.25) is 0 Å². The normalized spacial score (nSPS) is 16.3. The summed E-state index contributed by atoms with van der Waals surface area (Å²) in [6.07, 6.45) is 5.51. The molecule has 19 heavy (non-hydrogen) atoms. The highest BCUT2D eigenvalue weighted by molar-refractivity contribution is 5.81. The molecule has 2 aromatic heterocycles. The molecular formula is C12H15N5O2. The third-order valence-electron chi connectivity index (χ3n) is 3.74. The van der Waals surface area contributed by atoms with Crippen molar-refractivity contribution >= 4 is 16.8 Å². The third-order valence-corrected chi connectivity index (χ3v) is 3.74. The highest BCUT2D eigenvalue weighted by Gasteiger charge is 2.23. The zero-order valence-corrected chi connectivity index (χ0v) is 10.7. The van der Waals surface area contributed by atoms with Crippen molar-refractivity contribution in [2.24, 2.45) is 13.0 Å². The van der Waals surface area contributed by atoms with Gasteiger partial charge in [-0.05, 0) is 12.8 Å². The highest BCUT2D eigenvalue weighted by Crippen LogP contribution is 2.25. The molecule has 2 aromatic rings. The maximum absolute atomic E-state index is 12.1. The molecule has 1 aliphatic rings. The Kier molecular flexibility index (Phi) is 2.88. The second-order valence-electron chi connectivity index (χ2n) is 5.01. The molecule has 1 aliphatic carbocycles. The molecule has 0 amide bonds. The number of hydrogen-bond acceptors (Lipinski definition) is 5. The van der Waals surface area contributed by atoms with Crippen LogP contribution in [0.2, 0.25) is 0 Å². The molecule has 0 spiro atoms. The minimum Gasteiger partial charge on any atom is -0.297 e. The molecule has 0 aromatic carbocycles. The number of fused-ring (bicyclic) bond motifs is 1. The average molecular weight is 261 g/mol. The van der Waals surface area contributed by atoms with Crippen LogP contribution in [-0.4, -0.2) is 30.6 Å². The van der Waals surface area contributed by atoms with Gasteiger partial charge < -0.3 is 0 Å². The van der Waals surface area contributed by atoms with Gasteiger partial charge in [-0.3, -0.25) is 9.59 Å². The van der Waals surface area contributed by atoms with Crippen LogP contribution >= 0.6 is 0 Å². The largest absolute Gasteiger partial charge is 0.297 e. The summed E-state index contributed by atoms with van der Waals surface area (Å²) in [6, 6.07) is 0. The zero-order chi connectivity index (χ0) is 13.4. The first-order valence-corrected chi connectivity index (χ1v) is 6.45. The molecule has 0 radical (unpaired) electrons. The van der Waals surface area contributed by atoms with Crippen molar-refractivity contribution in [1.29, 1.82) is 0 Å². The quantitative estimate of drug-likeness (QED) is 0.792. The van der Waals surface area contributed by atoms with Crippen LogP contribution in [0.4, 0.5) is 0 Å². The van der Waals surface area contributed by atoms with Gasteiger partial charge in [0.15, 0.2) is 11.4 Å². The maximum Gasteiger partial charge on any atom is 0.281 e. The van der Waals surface area contributed by atoms with Crippen LogP contribution in [0.15, 0.2) is 11.0 Å². The second-order valence-corrected chi connectivity index (χ2v) is 5.01. The fourth-order valence-corrected chi connectivity index (χ4v) is 2.60. The molecule has 0 N–H and O–H groups in total. The minimum atomic E-state index is -0.301. The molecule has 0 bridgehead atoms. The van der Waals surface area contributed by atoms with Gasteiger partial charge in [0.1, 0.15) is 11.9 Å². The third kappa shape index (κ3) is 2.05. The molecule has 0 atom stereocenters. The van der Waals surface area contributed by atoms with Crippen molar-refractivity contribution in [3.63, 3.8) is 0 Å². The van der Waals surface area contributed by atoms with Crippen LogP contribution in [-0.2, 0) is 18.4 Å². The van der Waals surface area contributed by atoms with Crippen LogP contribution in [0.5, 0.6) is 0 Å². The fourth-order valence-electron chi connectivity index (χ4n) is 2.60. The van der Waals surface area contributed by atoms with E-state index in [0.717, 1.165) is 30.4 Å². The number of nitrogens with zero attached hydrogens (tertiary/aromatic N) is 5. The number of rotatable bonds is 3. The van der Waals surface area contributed by atoms with E-state index in [2.05, 4.69) is 15.4 Å². The van der Waals surface area contributed by atoms with E-state index in [4.69, 9.17) is 0 Å². The van der Waals surface area contributed by atoms with Gasteiger partial charge in [0.05, 0.1) is 6.20 Å². The van der Waals surface area contributed by atoms with Crippen molar-refractivity contribution in [3.8, 4) is 0 Å². The smallest absolute Gasteiger partial charge is 0.281 e. The summed E-state index contributed by atoms with van der Waals surface area (Å²) < 4.78 is 2.64. The molecule has 7 heteroatoms. The van der Waals surface area contributed by atoms with Crippen LogP contribution in [0.1, 0.15) is 25.7 Å². The lowest BCUT2D eigenvalue weighted by molar-refractivity contribution is -0.123. The van der Waals surface area contributed by atoms with Gasteiger partial charge >= 0.3 is 0 Å². The predicted octanol–water partition coefficient (Wildman–Crippen LogP) is 0.284. The molecular weight excluding hydrogens is 246 g/mol. The Balaban J connectivity index is 1.90. The average Bonchev–Trinajstić information content (AvgIpc) is 3.03. The van der Waals surface area contributed by atoms with E-state index in [-0.39, 0.29) is 23.8 Å². The van der Waals surface area contributed by atoms with Crippen molar-refractivity contribution in [3.05, 3.63) is 16.6 Å². The zero-order valence-electron chi connectivity index (χ0n) is 10.7. The molecule has 0 saturated heterocycles. The van der Waals surface area contributed by atoms with Crippen LogP contribution in [0.25, 0.3) is 11.0 Å². The SMILES string of the molecule is Cn1ncc2c(=O)n(CC(=O)C3CCCC3)nnc21. The number of Topliss-reactive ketones (excluding diaryl/α,β-unsaturated/α-hetero) is 1. The number of hydrogen-bond donors (Lipinski definition) is 0. The predicted molar refractivity (Wildman–Crippen MR) is 67.5 cm³/mol. The number of aryl methyl sites for hydroxylation is 1. The number of aromatic nitrogens is 5. The molecule has 7 nitrogen and oxygen atoms in total. The van der Waals surface area contributed by atoms with Gasteiger partial charge in [0, 0.05) is 13.0 Å². The summed E-state index contributed by atoms with van der Waals surface area (Å²) >= 11 is 0. The Labute approximate surface area is 109 Å². The first kappa shape index (κ1) is 12.0. The maximum atomic E-state index is 12.1. The number of carbonyl (C=O) groups excluding carboxylic acids is 1. The van der Waals surface area contributed by atoms with Gasteiger partial charge in [-0.1, -0.05) is 18.1 Å². The summed E-state index contributed by atoms with van der Waals surface area (Å²) in [5.41, 5.74) is 0.138. The second kappa shape index (κ2) is 4.56. The van der Waals surface area contributed by atoms with Gasteiger partial charge in [-0.25, -0.2) is 9.36 Å². The first-order chi connectivity index (χ1) is 9.16. The summed E-state index contributed by atoms with van der Waals surface area (Å²) in [4.78, 5) is 24.2. The standard InChI is InChI=1S/C12H15N5O2/c1-16-11-9(6-13-16)12(19)17(15-14-11)7-10(18)8-4-2-3-5-8/h6,8H,2-5,7H2,1H3.